The van der Waals surface area contributed by atoms with Crippen LogP contribution in [0.15, 0.2) is 66.8 Å². The summed E-state index contributed by atoms with van der Waals surface area (Å²) in [5, 5.41) is 8.32. The van der Waals surface area contributed by atoms with E-state index in [0.717, 1.165) is 28.1 Å². The van der Waals surface area contributed by atoms with Gasteiger partial charge in [-0.25, -0.2) is 0 Å². The molecule has 0 saturated heterocycles. The molecule has 6 heteroatoms. The van der Waals surface area contributed by atoms with Gasteiger partial charge in [-0.2, -0.15) is 5.10 Å². The van der Waals surface area contributed by atoms with Crippen LogP contribution in [-0.4, -0.2) is 32.1 Å². The van der Waals surface area contributed by atoms with Crippen LogP contribution in [0.3, 0.4) is 0 Å². The van der Waals surface area contributed by atoms with E-state index in [1.807, 2.05) is 17.0 Å². The second-order valence-corrected chi connectivity index (χ2v) is 8.10. The van der Waals surface area contributed by atoms with Crippen molar-refractivity contribution in [2.45, 2.75) is 19.5 Å². The minimum Gasteiger partial charge on any atom is -0.329 e. The Hall–Kier alpha value is -3.25. The number of pyridine rings is 1. The van der Waals surface area contributed by atoms with Gasteiger partial charge in [0, 0.05) is 34.8 Å². The van der Waals surface area contributed by atoms with E-state index in [4.69, 9.17) is 5.10 Å². The molecule has 0 fully saturated rings. The summed E-state index contributed by atoms with van der Waals surface area (Å²) in [4.78, 5) is 18.4. The average molecular weight is 401 g/mol. The summed E-state index contributed by atoms with van der Waals surface area (Å²) in [5.41, 5.74) is 5.20. The number of hydrogen-bond donors (Lipinski definition) is 0. The monoisotopic (exact) mass is 400 g/mol. The molecule has 1 aliphatic rings. The Bertz CT molecular complexity index is 1220. The number of carbonyl (C=O) groups excluding carboxylic acids is 1. The topological polar surface area (TPSA) is 51.0 Å². The lowest BCUT2D eigenvalue weighted by Crippen LogP contribution is -2.40. The highest BCUT2D eigenvalue weighted by Gasteiger charge is 2.32. The van der Waals surface area contributed by atoms with Gasteiger partial charge < -0.3 is 4.90 Å². The molecule has 0 N–H and O–H groups in total. The maximum absolute atomic E-state index is 12.4. The molecule has 0 radical (unpaired) electrons. The van der Waals surface area contributed by atoms with E-state index in [1.54, 1.807) is 23.7 Å². The number of rotatable bonds is 3. The number of amides is 1. The van der Waals surface area contributed by atoms with Gasteiger partial charge in [-0.3, -0.25) is 14.5 Å². The van der Waals surface area contributed by atoms with Gasteiger partial charge in [0.05, 0.1) is 18.3 Å². The van der Waals surface area contributed by atoms with Gasteiger partial charge >= 0.3 is 0 Å². The molecule has 0 spiro atoms. The van der Waals surface area contributed by atoms with Crippen molar-refractivity contribution in [2.24, 2.45) is 0 Å². The molecular weight excluding hydrogens is 380 g/mol. The van der Waals surface area contributed by atoms with Crippen molar-refractivity contribution < 1.29 is 4.79 Å². The van der Waals surface area contributed by atoms with Crippen LogP contribution in [0.2, 0.25) is 0 Å². The average Bonchev–Trinajstić information content (AvgIpc) is 3.38. The Morgan fingerprint density at radius 3 is 2.79 bits per heavy atom. The van der Waals surface area contributed by atoms with E-state index < -0.39 is 0 Å². The number of hydrogen-bond acceptors (Lipinski definition) is 4. The summed E-state index contributed by atoms with van der Waals surface area (Å²) >= 11 is 1.74. The molecule has 29 heavy (non-hydrogen) atoms. The quantitative estimate of drug-likeness (QED) is 0.459. The van der Waals surface area contributed by atoms with Crippen molar-refractivity contribution in [2.75, 3.05) is 6.54 Å². The lowest BCUT2D eigenvalue weighted by atomic mass is 9.95. The first-order chi connectivity index (χ1) is 14.2. The summed E-state index contributed by atoms with van der Waals surface area (Å²) in [6.45, 7) is 7.01. The van der Waals surface area contributed by atoms with E-state index in [2.05, 4.69) is 52.8 Å². The van der Waals surface area contributed by atoms with E-state index in [1.165, 1.54) is 16.2 Å². The largest absolute Gasteiger partial charge is 0.329 e. The standard InChI is InChI=1S/C23H20N4OS/c1-3-20(28)26-11-12-27-23(15(26)2)21(16-6-9-24-10-7-16)22(25-27)18-4-5-19-17(14-18)8-13-29-19/h3-10,13-15H,1,11-12H2,2H3. The molecule has 5 nitrogen and oxygen atoms in total. The summed E-state index contributed by atoms with van der Waals surface area (Å²) in [7, 11) is 0. The zero-order valence-electron chi connectivity index (χ0n) is 16.1. The molecule has 4 aromatic rings. The van der Waals surface area contributed by atoms with Crippen molar-refractivity contribution in [1.82, 2.24) is 19.7 Å². The fraction of sp³-hybridized carbons (Fsp3) is 0.174. The highest BCUT2D eigenvalue weighted by molar-refractivity contribution is 7.17. The van der Waals surface area contributed by atoms with Crippen LogP contribution in [0.4, 0.5) is 0 Å². The highest BCUT2D eigenvalue weighted by atomic mass is 32.1. The van der Waals surface area contributed by atoms with Crippen LogP contribution >= 0.6 is 11.3 Å². The van der Waals surface area contributed by atoms with E-state index in [-0.39, 0.29) is 11.9 Å². The van der Waals surface area contributed by atoms with Gasteiger partial charge in [-0.05, 0) is 59.7 Å². The molecule has 0 aliphatic carbocycles. The molecular formula is C23H20N4OS. The predicted octanol–water partition coefficient (Wildman–Crippen LogP) is 4.92. The number of benzene rings is 1. The zero-order chi connectivity index (χ0) is 20.0. The summed E-state index contributed by atoms with van der Waals surface area (Å²) in [6.07, 6.45) is 4.98. The fourth-order valence-electron chi connectivity index (χ4n) is 4.15. The molecule has 0 saturated carbocycles. The van der Waals surface area contributed by atoms with Crippen LogP contribution in [0.1, 0.15) is 18.7 Å². The van der Waals surface area contributed by atoms with Gasteiger partial charge in [0.1, 0.15) is 5.69 Å². The molecule has 1 amide bonds. The van der Waals surface area contributed by atoms with Crippen molar-refractivity contribution in [3.05, 3.63) is 72.5 Å². The van der Waals surface area contributed by atoms with Crippen LogP contribution in [0, 0.1) is 0 Å². The predicted molar refractivity (Wildman–Crippen MR) is 117 cm³/mol. The van der Waals surface area contributed by atoms with E-state index in [9.17, 15) is 4.79 Å². The number of carbonyl (C=O) groups is 1. The summed E-state index contributed by atoms with van der Waals surface area (Å²) in [5.74, 6) is -0.0492. The third kappa shape index (κ3) is 2.87. The molecule has 4 heterocycles. The highest BCUT2D eigenvalue weighted by Crippen LogP contribution is 2.41. The van der Waals surface area contributed by atoms with Crippen LogP contribution in [-0.2, 0) is 11.3 Å². The van der Waals surface area contributed by atoms with Crippen molar-refractivity contribution >= 4 is 27.3 Å². The van der Waals surface area contributed by atoms with Gasteiger partial charge in [-0.1, -0.05) is 12.6 Å². The van der Waals surface area contributed by atoms with Gasteiger partial charge in [0.2, 0.25) is 5.91 Å². The Kier molecular flexibility index (Phi) is 4.28. The fourth-order valence-corrected chi connectivity index (χ4v) is 4.92. The number of thiophene rings is 1. The third-order valence-electron chi connectivity index (χ3n) is 5.56. The number of fused-ring (bicyclic) bond motifs is 2. The second-order valence-electron chi connectivity index (χ2n) is 7.15. The lowest BCUT2D eigenvalue weighted by Gasteiger charge is -2.34. The number of nitrogens with zero attached hydrogens (tertiary/aromatic N) is 4. The SMILES string of the molecule is C=CC(=O)N1CCn2nc(-c3ccc4sccc4c3)c(-c3ccncc3)c2C1C. The first kappa shape index (κ1) is 17.8. The zero-order valence-corrected chi connectivity index (χ0v) is 16.9. The first-order valence-corrected chi connectivity index (χ1v) is 10.5. The van der Waals surface area contributed by atoms with Gasteiger partial charge in [-0.15, -0.1) is 11.3 Å². The molecule has 1 atom stereocenters. The summed E-state index contributed by atoms with van der Waals surface area (Å²) in [6, 6.07) is 12.5. The molecule has 1 aromatic carbocycles. The molecule has 3 aromatic heterocycles. The smallest absolute Gasteiger partial charge is 0.246 e. The molecule has 5 rings (SSSR count). The lowest BCUT2D eigenvalue weighted by molar-refractivity contribution is -0.129. The first-order valence-electron chi connectivity index (χ1n) is 9.59. The molecule has 0 bridgehead atoms. The Morgan fingerprint density at radius 2 is 2.00 bits per heavy atom. The normalized spacial score (nSPS) is 16.0. The Labute approximate surface area is 172 Å². The number of aromatic nitrogens is 3. The minimum atomic E-state index is -0.0939. The van der Waals surface area contributed by atoms with Gasteiger partial charge in [0.25, 0.3) is 0 Å². The van der Waals surface area contributed by atoms with Crippen LogP contribution in [0.5, 0.6) is 0 Å². The minimum absolute atomic E-state index is 0.0492. The maximum Gasteiger partial charge on any atom is 0.246 e. The van der Waals surface area contributed by atoms with Crippen molar-refractivity contribution in [1.29, 1.82) is 0 Å². The summed E-state index contributed by atoms with van der Waals surface area (Å²) < 4.78 is 3.32. The third-order valence-corrected chi connectivity index (χ3v) is 6.46. The van der Waals surface area contributed by atoms with Crippen molar-refractivity contribution in [3.63, 3.8) is 0 Å². The van der Waals surface area contributed by atoms with Gasteiger partial charge in [0.15, 0.2) is 0 Å². The Balaban J connectivity index is 1.74. The molecule has 1 aliphatic heterocycles. The van der Waals surface area contributed by atoms with E-state index >= 15 is 0 Å². The Morgan fingerprint density at radius 1 is 1.17 bits per heavy atom. The van der Waals surface area contributed by atoms with Crippen molar-refractivity contribution in [3.8, 4) is 22.4 Å². The second kappa shape index (κ2) is 6.97. The molecule has 1 unspecified atom stereocenters. The maximum atomic E-state index is 12.4. The van der Waals surface area contributed by atoms with E-state index in [0.29, 0.717) is 13.1 Å². The molecule has 144 valence electrons. The van der Waals surface area contributed by atoms with Crippen LogP contribution < -0.4 is 0 Å². The van der Waals surface area contributed by atoms with Crippen LogP contribution in [0.25, 0.3) is 32.5 Å².